The molecule has 2 aliphatic rings. The largest absolute Gasteiger partial charge is 0.480 e. The van der Waals surface area contributed by atoms with E-state index in [1.54, 1.807) is 4.90 Å². The van der Waals surface area contributed by atoms with Gasteiger partial charge in [0.2, 0.25) is 5.91 Å². The predicted octanol–water partition coefficient (Wildman–Crippen LogP) is 1.62. The highest BCUT2D eigenvalue weighted by Crippen LogP contribution is 2.33. The maximum absolute atomic E-state index is 12.6. The van der Waals surface area contributed by atoms with Gasteiger partial charge in [0, 0.05) is 18.5 Å². The molecule has 114 valence electrons. The van der Waals surface area contributed by atoms with Crippen molar-refractivity contribution in [2.75, 3.05) is 13.6 Å². The van der Waals surface area contributed by atoms with Crippen molar-refractivity contribution in [3.05, 3.63) is 0 Å². The molecule has 2 unspecified atom stereocenters. The van der Waals surface area contributed by atoms with Gasteiger partial charge in [0.1, 0.15) is 6.04 Å². The minimum Gasteiger partial charge on any atom is -0.480 e. The highest BCUT2D eigenvalue weighted by molar-refractivity contribution is 5.85. The molecule has 0 radical (unpaired) electrons. The normalized spacial score (nSPS) is 29.4. The van der Waals surface area contributed by atoms with Crippen molar-refractivity contribution in [2.45, 2.75) is 63.5 Å². The third-order valence-corrected chi connectivity index (χ3v) is 5.10. The minimum atomic E-state index is -0.870. The fraction of sp³-hybridized carbons (Fsp3) is 0.867. The van der Waals surface area contributed by atoms with E-state index in [-0.39, 0.29) is 17.4 Å². The second-order valence-electron chi connectivity index (χ2n) is 6.40. The van der Waals surface area contributed by atoms with Gasteiger partial charge in [-0.15, -0.1) is 0 Å². The highest BCUT2D eigenvalue weighted by Gasteiger charge is 2.42. The predicted molar refractivity (Wildman–Crippen MR) is 76.4 cm³/mol. The average molecular weight is 282 g/mol. The van der Waals surface area contributed by atoms with Crippen LogP contribution >= 0.6 is 0 Å². The lowest BCUT2D eigenvalue weighted by Crippen LogP contribution is -2.51. The number of nitrogens with zero attached hydrogens (tertiary/aromatic N) is 1. The summed E-state index contributed by atoms with van der Waals surface area (Å²) in [6.07, 6.45) is 6.76. The van der Waals surface area contributed by atoms with Crippen LogP contribution in [0.3, 0.4) is 0 Å². The first-order valence-electron chi connectivity index (χ1n) is 7.70. The van der Waals surface area contributed by atoms with E-state index in [2.05, 4.69) is 5.32 Å². The van der Waals surface area contributed by atoms with Gasteiger partial charge in [-0.2, -0.15) is 0 Å². The lowest BCUT2D eigenvalue weighted by molar-refractivity contribution is -0.150. The molecule has 20 heavy (non-hydrogen) atoms. The van der Waals surface area contributed by atoms with E-state index >= 15 is 0 Å². The van der Waals surface area contributed by atoms with Gasteiger partial charge >= 0.3 is 5.97 Å². The van der Waals surface area contributed by atoms with Gasteiger partial charge in [0.25, 0.3) is 0 Å². The Balaban J connectivity index is 2.05. The number of carboxylic acid groups (broad SMARTS) is 1. The summed E-state index contributed by atoms with van der Waals surface area (Å²) in [6, 6.07) is -0.639. The number of likely N-dealkylation sites (tertiary alicyclic amines) is 1. The second kappa shape index (κ2) is 6.12. The third kappa shape index (κ3) is 2.97. The minimum absolute atomic E-state index is 0.00185. The fourth-order valence-corrected chi connectivity index (χ4v) is 3.74. The first-order chi connectivity index (χ1) is 9.49. The van der Waals surface area contributed by atoms with Crippen molar-refractivity contribution in [2.24, 2.45) is 5.92 Å². The molecule has 5 nitrogen and oxygen atoms in total. The lowest BCUT2D eigenvalue weighted by Gasteiger charge is -2.38. The van der Waals surface area contributed by atoms with Crippen molar-refractivity contribution in [3.63, 3.8) is 0 Å². The monoisotopic (exact) mass is 282 g/mol. The van der Waals surface area contributed by atoms with Gasteiger partial charge in [-0.3, -0.25) is 4.79 Å². The topological polar surface area (TPSA) is 69.6 Å². The molecule has 1 saturated carbocycles. The zero-order valence-corrected chi connectivity index (χ0v) is 12.5. The van der Waals surface area contributed by atoms with Crippen LogP contribution in [0.2, 0.25) is 0 Å². The molecular weight excluding hydrogens is 256 g/mol. The van der Waals surface area contributed by atoms with Crippen molar-refractivity contribution < 1.29 is 14.7 Å². The molecule has 5 heteroatoms. The summed E-state index contributed by atoms with van der Waals surface area (Å²) in [5.74, 6) is -0.822. The molecule has 1 saturated heterocycles. The third-order valence-electron chi connectivity index (χ3n) is 5.10. The summed E-state index contributed by atoms with van der Waals surface area (Å²) in [5, 5.41) is 12.7. The standard InChI is InChI=1S/C15H26N2O3/c1-11-6-9-17(13(11)14(19)20)12(18)10-15(16-2)7-4-3-5-8-15/h11,13,16H,3-10H2,1-2H3,(H,19,20). The van der Waals surface area contributed by atoms with E-state index in [1.807, 2.05) is 14.0 Å². The van der Waals surface area contributed by atoms with E-state index in [0.29, 0.717) is 13.0 Å². The van der Waals surface area contributed by atoms with Crippen LogP contribution in [-0.2, 0) is 9.59 Å². The SMILES string of the molecule is CNC1(CC(=O)N2CCC(C)C2C(=O)O)CCCCC1. The van der Waals surface area contributed by atoms with Crippen LogP contribution in [0.1, 0.15) is 51.9 Å². The van der Waals surface area contributed by atoms with Crippen LogP contribution in [0.15, 0.2) is 0 Å². The van der Waals surface area contributed by atoms with Crippen molar-refractivity contribution >= 4 is 11.9 Å². The summed E-state index contributed by atoms with van der Waals surface area (Å²) >= 11 is 0. The maximum atomic E-state index is 12.6. The van der Waals surface area contributed by atoms with Crippen LogP contribution in [0.25, 0.3) is 0 Å². The van der Waals surface area contributed by atoms with Crippen molar-refractivity contribution in [3.8, 4) is 0 Å². The number of hydrogen-bond donors (Lipinski definition) is 2. The Hall–Kier alpha value is -1.10. The number of carbonyl (C=O) groups is 2. The van der Waals surface area contributed by atoms with Crippen LogP contribution in [0.5, 0.6) is 0 Å². The van der Waals surface area contributed by atoms with Crippen molar-refractivity contribution in [1.29, 1.82) is 0 Å². The quantitative estimate of drug-likeness (QED) is 0.822. The Morgan fingerprint density at radius 3 is 2.50 bits per heavy atom. The Morgan fingerprint density at radius 2 is 1.95 bits per heavy atom. The fourth-order valence-electron chi connectivity index (χ4n) is 3.74. The zero-order valence-electron chi connectivity index (χ0n) is 12.5. The first kappa shape index (κ1) is 15.3. The van der Waals surface area contributed by atoms with Gasteiger partial charge < -0.3 is 15.3 Å². The van der Waals surface area contributed by atoms with Gasteiger partial charge in [-0.25, -0.2) is 4.79 Å². The summed E-state index contributed by atoms with van der Waals surface area (Å²) in [5.41, 5.74) is -0.121. The van der Waals surface area contributed by atoms with E-state index < -0.39 is 12.0 Å². The maximum Gasteiger partial charge on any atom is 0.326 e. The smallest absolute Gasteiger partial charge is 0.326 e. The molecule has 0 spiro atoms. The number of carboxylic acids is 1. The molecule has 0 aromatic rings. The summed E-state index contributed by atoms with van der Waals surface area (Å²) in [6.45, 7) is 2.50. The lowest BCUT2D eigenvalue weighted by atomic mass is 9.79. The van der Waals surface area contributed by atoms with Gasteiger partial charge in [0.15, 0.2) is 0 Å². The van der Waals surface area contributed by atoms with E-state index in [9.17, 15) is 14.7 Å². The van der Waals surface area contributed by atoms with Gasteiger partial charge in [-0.05, 0) is 32.2 Å². The molecule has 2 atom stereocenters. The Morgan fingerprint density at radius 1 is 1.30 bits per heavy atom. The summed E-state index contributed by atoms with van der Waals surface area (Å²) < 4.78 is 0. The van der Waals surface area contributed by atoms with Crippen LogP contribution < -0.4 is 5.32 Å². The molecule has 0 aromatic carbocycles. The Labute approximate surface area is 120 Å². The Kier molecular flexibility index (Phi) is 4.68. The number of amides is 1. The van der Waals surface area contributed by atoms with E-state index in [1.165, 1.54) is 6.42 Å². The molecule has 1 aliphatic heterocycles. The molecule has 2 rings (SSSR count). The van der Waals surface area contributed by atoms with Crippen molar-refractivity contribution in [1.82, 2.24) is 10.2 Å². The van der Waals surface area contributed by atoms with Gasteiger partial charge in [0.05, 0.1) is 0 Å². The van der Waals surface area contributed by atoms with Crippen LogP contribution in [0, 0.1) is 5.92 Å². The molecule has 1 aliphatic carbocycles. The highest BCUT2D eigenvalue weighted by atomic mass is 16.4. The van der Waals surface area contributed by atoms with E-state index in [0.717, 1.165) is 32.1 Å². The molecular formula is C15H26N2O3. The summed E-state index contributed by atoms with van der Waals surface area (Å²) in [7, 11) is 1.92. The molecule has 1 heterocycles. The van der Waals surface area contributed by atoms with Crippen LogP contribution in [0.4, 0.5) is 0 Å². The Bertz CT molecular complexity index is 377. The van der Waals surface area contributed by atoms with Crippen LogP contribution in [-0.4, -0.2) is 47.1 Å². The first-order valence-corrected chi connectivity index (χ1v) is 7.70. The molecule has 0 bridgehead atoms. The average Bonchev–Trinajstić information content (AvgIpc) is 2.82. The number of nitrogens with one attached hydrogen (secondary N) is 1. The number of hydrogen-bond acceptors (Lipinski definition) is 3. The number of aliphatic carboxylic acids is 1. The zero-order chi connectivity index (χ0) is 14.8. The summed E-state index contributed by atoms with van der Waals surface area (Å²) in [4.78, 5) is 25.5. The number of rotatable bonds is 4. The molecule has 2 N–H and O–H groups in total. The number of carbonyl (C=O) groups excluding carboxylic acids is 1. The van der Waals surface area contributed by atoms with Gasteiger partial charge in [-0.1, -0.05) is 26.2 Å². The van der Waals surface area contributed by atoms with E-state index in [4.69, 9.17) is 0 Å². The second-order valence-corrected chi connectivity index (χ2v) is 6.40. The molecule has 1 amide bonds. The molecule has 2 fully saturated rings. The molecule has 0 aromatic heterocycles.